The number of rotatable bonds is 3. The number of benzene rings is 1. The van der Waals surface area contributed by atoms with E-state index in [0.717, 1.165) is 16.6 Å². The van der Waals surface area contributed by atoms with Crippen LogP contribution < -0.4 is 4.57 Å². The zero-order chi connectivity index (χ0) is 13.9. The molecule has 3 rings (SSSR count). The molecule has 1 aromatic carbocycles. The van der Waals surface area contributed by atoms with Gasteiger partial charge in [-0.2, -0.15) is 4.80 Å². The van der Waals surface area contributed by atoms with Crippen molar-refractivity contribution in [1.82, 2.24) is 20.2 Å². The molecular weight excluding hydrogens is 318 g/mol. The van der Waals surface area contributed by atoms with Crippen LogP contribution in [0.5, 0.6) is 0 Å². The predicted octanol–water partition coefficient (Wildman–Crippen LogP) is 1.98. The van der Waals surface area contributed by atoms with E-state index in [-0.39, 0.29) is 0 Å². The average Bonchev–Trinajstić information content (AvgIpc) is 2.89. The summed E-state index contributed by atoms with van der Waals surface area (Å²) >= 11 is 3.43. The molecule has 0 aliphatic rings. The van der Waals surface area contributed by atoms with Gasteiger partial charge in [0.2, 0.25) is 5.82 Å². The van der Waals surface area contributed by atoms with Crippen molar-refractivity contribution < 1.29 is 4.57 Å². The molecule has 0 bridgehead atoms. The molecule has 0 fully saturated rings. The molecule has 100 valence electrons. The van der Waals surface area contributed by atoms with Gasteiger partial charge in [-0.3, -0.25) is 0 Å². The van der Waals surface area contributed by atoms with E-state index in [1.165, 1.54) is 10.4 Å². The fourth-order valence-electron chi connectivity index (χ4n) is 1.91. The first-order valence-corrected chi connectivity index (χ1v) is 6.98. The Labute approximate surface area is 125 Å². The van der Waals surface area contributed by atoms with Gasteiger partial charge in [-0.15, -0.1) is 10.2 Å². The number of tetrazole rings is 1. The highest BCUT2D eigenvalue weighted by molar-refractivity contribution is 9.10. The fraction of sp³-hybridized carbons (Fsp3) is 0.143. The van der Waals surface area contributed by atoms with Crippen LogP contribution in [0.3, 0.4) is 0 Å². The molecule has 2 heterocycles. The van der Waals surface area contributed by atoms with Crippen LogP contribution in [-0.2, 0) is 13.6 Å². The molecule has 0 saturated heterocycles. The van der Waals surface area contributed by atoms with Crippen LogP contribution >= 0.6 is 15.9 Å². The van der Waals surface area contributed by atoms with Crippen LogP contribution in [-0.4, -0.2) is 20.2 Å². The summed E-state index contributed by atoms with van der Waals surface area (Å²) in [4.78, 5) is 1.46. The van der Waals surface area contributed by atoms with Crippen molar-refractivity contribution in [2.24, 2.45) is 7.05 Å². The van der Waals surface area contributed by atoms with E-state index in [1.807, 2.05) is 36.7 Å². The maximum absolute atomic E-state index is 4.19. The van der Waals surface area contributed by atoms with Crippen LogP contribution in [0, 0.1) is 0 Å². The summed E-state index contributed by atoms with van der Waals surface area (Å²) in [5, 5.41) is 12.0. The third-order valence-electron chi connectivity index (χ3n) is 2.94. The highest BCUT2D eigenvalue weighted by Crippen LogP contribution is 2.14. The third-order valence-corrected chi connectivity index (χ3v) is 3.46. The van der Waals surface area contributed by atoms with Gasteiger partial charge in [0.1, 0.15) is 0 Å². The minimum atomic E-state index is 0.648. The molecule has 0 saturated carbocycles. The van der Waals surface area contributed by atoms with Crippen molar-refractivity contribution in [3.05, 3.63) is 58.8 Å². The molecule has 3 aromatic rings. The Kier molecular flexibility index (Phi) is 3.56. The lowest BCUT2D eigenvalue weighted by Crippen LogP contribution is -2.32. The summed E-state index contributed by atoms with van der Waals surface area (Å²) in [6.07, 6.45) is 4.09. The summed E-state index contributed by atoms with van der Waals surface area (Å²) in [5.41, 5.74) is 2.20. The van der Waals surface area contributed by atoms with E-state index in [0.29, 0.717) is 5.82 Å². The zero-order valence-corrected chi connectivity index (χ0v) is 12.5. The molecule has 0 unspecified atom stereocenters. The molecule has 2 aromatic heterocycles. The SMILES string of the molecule is Cn1nnc(-c2ccc(C[n+]3ccc(Br)cc3)cc2)n1. The number of hydrogen-bond donors (Lipinski definition) is 0. The monoisotopic (exact) mass is 330 g/mol. The lowest BCUT2D eigenvalue weighted by atomic mass is 10.1. The lowest BCUT2D eigenvalue weighted by Gasteiger charge is -1.99. The first-order valence-electron chi connectivity index (χ1n) is 6.18. The molecule has 0 amide bonds. The molecule has 0 aliphatic carbocycles. The third kappa shape index (κ3) is 2.91. The molecule has 0 spiro atoms. The second-order valence-electron chi connectivity index (χ2n) is 4.49. The van der Waals surface area contributed by atoms with Gasteiger partial charge in [0.25, 0.3) is 0 Å². The van der Waals surface area contributed by atoms with Crippen molar-refractivity contribution in [3.8, 4) is 11.4 Å². The number of aryl methyl sites for hydroxylation is 1. The van der Waals surface area contributed by atoms with E-state index < -0.39 is 0 Å². The van der Waals surface area contributed by atoms with Crippen LogP contribution in [0.15, 0.2) is 53.3 Å². The normalized spacial score (nSPS) is 10.7. The first-order chi connectivity index (χ1) is 9.70. The molecule has 0 aliphatic heterocycles. The Bertz CT molecular complexity index is 703. The summed E-state index contributed by atoms with van der Waals surface area (Å²) in [6, 6.07) is 12.3. The Morgan fingerprint density at radius 3 is 2.40 bits per heavy atom. The topological polar surface area (TPSA) is 47.5 Å². The van der Waals surface area contributed by atoms with Crippen molar-refractivity contribution in [2.45, 2.75) is 6.54 Å². The highest BCUT2D eigenvalue weighted by Gasteiger charge is 2.06. The van der Waals surface area contributed by atoms with Crippen molar-refractivity contribution in [1.29, 1.82) is 0 Å². The largest absolute Gasteiger partial charge is 0.204 e. The van der Waals surface area contributed by atoms with Gasteiger partial charge >= 0.3 is 0 Å². The van der Waals surface area contributed by atoms with Crippen LogP contribution in [0.25, 0.3) is 11.4 Å². The quantitative estimate of drug-likeness (QED) is 0.690. The van der Waals surface area contributed by atoms with Gasteiger partial charge in [0.15, 0.2) is 18.9 Å². The number of hydrogen-bond acceptors (Lipinski definition) is 3. The number of pyridine rings is 1. The van der Waals surface area contributed by atoms with Crippen molar-refractivity contribution in [3.63, 3.8) is 0 Å². The second kappa shape index (κ2) is 5.50. The van der Waals surface area contributed by atoms with Gasteiger partial charge in [0, 0.05) is 27.7 Å². The number of halogens is 1. The van der Waals surface area contributed by atoms with E-state index in [1.54, 1.807) is 7.05 Å². The molecule has 5 nitrogen and oxygen atoms in total. The summed E-state index contributed by atoms with van der Waals surface area (Å²) in [7, 11) is 1.76. The van der Waals surface area contributed by atoms with Gasteiger partial charge < -0.3 is 0 Å². The molecule has 0 radical (unpaired) electrons. The average molecular weight is 331 g/mol. The Hall–Kier alpha value is -2.08. The lowest BCUT2D eigenvalue weighted by molar-refractivity contribution is -0.688. The standard InChI is InChI=1S/C14H13BrN5/c1-19-17-14(16-18-19)12-4-2-11(3-5-12)10-20-8-6-13(15)7-9-20/h2-9H,10H2,1H3/q+1. The van der Waals surface area contributed by atoms with E-state index in [4.69, 9.17) is 0 Å². The minimum absolute atomic E-state index is 0.648. The summed E-state index contributed by atoms with van der Waals surface area (Å²) in [5.74, 6) is 0.648. The van der Waals surface area contributed by atoms with E-state index >= 15 is 0 Å². The maximum atomic E-state index is 4.19. The fourth-order valence-corrected chi connectivity index (χ4v) is 2.15. The first kappa shape index (κ1) is 12.9. The summed E-state index contributed by atoms with van der Waals surface area (Å²) < 4.78 is 3.21. The van der Waals surface area contributed by atoms with Gasteiger partial charge in [-0.1, -0.05) is 40.2 Å². The highest BCUT2D eigenvalue weighted by atomic mass is 79.9. The predicted molar refractivity (Wildman–Crippen MR) is 77.7 cm³/mol. The Morgan fingerprint density at radius 1 is 1.10 bits per heavy atom. The Balaban J connectivity index is 1.77. The zero-order valence-electron chi connectivity index (χ0n) is 10.9. The second-order valence-corrected chi connectivity index (χ2v) is 5.40. The number of nitrogens with zero attached hydrogens (tertiary/aromatic N) is 5. The van der Waals surface area contributed by atoms with Crippen LogP contribution in [0.4, 0.5) is 0 Å². The molecular formula is C14H13BrN5+. The summed E-state index contributed by atoms with van der Waals surface area (Å²) in [6.45, 7) is 0.835. The van der Waals surface area contributed by atoms with Gasteiger partial charge in [-0.05, 0) is 5.21 Å². The maximum Gasteiger partial charge on any atom is 0.204 e. The van der Waals surface area contributed by atoms with Gasteiger partial charge in [0.05, 0.1) is 7.05 Å². The molecule has 0 N–H and O–H groups in total. The van der Waals surface area contributed by atoms with E-state index in [9.17, 15) is 0 Å². The minimum Gasteiger partial charge on any atom is -0.201 e. The molecule has 20 heavy (non-hydrogen) atoms. The van der Waals surface area contributed by atoms with Crippen LogP contribution in [0.2, 0.25) is 0 Å². The van der Waals surface area contributed by atoms with E-state index in [2.05, 4.69) is 48.0 Å². The smallest absolute Gasteiger partial charge is 0.201 e. The van der Waals surface area contributed by atoms with Crippen LogP contribution in [0.1, 0.15) is 5.56 Å². The van der Waals surface area contributed by atoms with Gasteiger partial charge in [-0.25, -0.2) is 4.57 Å². The molecule has 0 atom stereocenters. The van der Waals surface area contributed by atoms with Crippen molar-refractivity contribution >= 4 is 15.9 Å². The Morgan fingerprint density at radius 2 is 1.80 bits per heavy atom. The molecule has 6 heteroatoms. The number of aromatic nitrogens is 5. The van der Waals surface area contributed by atoms with Crippen molar-refractivity contribution in [2.75, 3.05) is 0 Å².